The Balaban J connectivity index is 2.19. The summed E-state index contributed by atoms with van der Waals surface area (Å²) >= 11 is 0. The van der Waals surface area contributed by atoms with Gasteiger partial charge < -0.3 is 14.4 Å². The second-order valence-electron chi connectivity index (χ2n) is 5.40. The van der Waals surface area contributed by atoms with E-state index in [1.807, 2.05) is 55.4 Å². The normalized spacial score (nSPS) is 10.6. The van der Waals surface area contributed by atoms with Gasteiger partial charge in [0, 0.05) is 19.5 Å². The van der Waals surface area contributed by atoms with E-state index in [-0.39, 0.29) is 0 Å². The van der Waals surface area contributed by atoms with Gasteiger partial charge in [-0.2, -0.15) is 0 Å². The van der Waals surface area contributed by atoms with Crippen LogP contribution in [0.15, 0.2) is 42.6 Å². The van der Waals surface area contributed by atoms with E-state index in [0.29, 0.717) is 0 Å². The molecule has 5 heteroatoms. The molecule has 0 aliphatic carbocycles. The second-order valence-corrected chi connectivity index (χ2v) is 5.40. The number of nitrogens with zero attached hydrogens (tertiary/aromatic N) is 3. The molecule has 5 nitrogen and oxygen atoms in total. The van der Waals surface area contributed by atoms with E-state index in [9.17, 15) is 0 Å². The number of pyridine rings is 2. The Bertz CT molecular complexity index is 830. The van der Waals surface area contributed by atoms with E-state index < -0.39 is 0 Å². The number of rotatable bonds is 4. The molecule has 0 amide bonds. The first-order chi connectivity index (χ1) is 11.1. The average molecular weight is 309 g/mol. The van der Waals surface area contributed by atoms with Crippen LogP contribution in [0, 0.1) is 0 Å². The average Bonchev–Trinajstić information content (AvgIpc) is 2.60. The Morgan fingerprint density at radius 2 is 1.61 bits per heavy atom. The lowest BCUT2D eigenvalue weighted by molar-refractivity contribution is 0.413. The quantitative estimate of drug-likeness (QED) is 0.739. The third-order valence-corrected chi connectivity index (χ3v) is 3.68. The number of benzene rings is 1. The van der Waals surface area contributed by atoms with Crippen molar-refractivity contribution in [1.82, 2.24) is 9.97 Å². The predicted molar refractivity (Wildman–Crippen MR) is 92.4 cm³/mol. The SMILES string of the molecule is COc1ccc(-c2cc3cc(OC)ccc3c(N(C)C)n2)nc1. The first-order valence-electron chi connectivity index (χ1n) is 7.29. The molecule has 0 aliphatic heterocycles. The number of hydrogen-bond acceptors (Lipinski definition) is 5. The van der Waals surface area contributed by atoms with Crippen LogP contribution in [0.4, 0.5) is 5.82 Å². The minimum absolute atomic E-state index is 0.726. The molecule has 2 heterocycles. The van der Waals surface area contributed by atoms with Gasteiger partial charge in [0.15, 0.2) is 0 Å². The summed E-state index contributed by atoms with van der Waals surface area (Å²) < 4.78 is 10.5. The van der Waals surface area contributed by atoms with Crippen LogP contribution < -0.4 is 14.4 Å². The fourth-order valence-corrected chi connectivity index (χ4v) is 2.47. The summed E-state index contributed by atoms with van der Waals surface area (Å²) in [7, 11) is 7.26. The number of hydrogen-bond donors (Lipinski definition) is 0. The van der Waals surface area contributed by atoms with Gasteiger partial charge in [-0.1, -0.05) is 0 Å². The molecule has 0 radical (unpaired) electrons. The number of aromatic nitrogens is 2. The molecule has 3 aromatic rings. The van der Waals surface area contributed by atoms with Crippen LogP contribution in [-0.2, 0) is 0 Å². The van der Waals surface area contributed by atoms with Crippen LogP contribution in [0.25, 0.3) is 22.2 Å². The molecule has 23 heavy (non-hydrogen) atoms. The number of ether oxygens (including phenoxy) is 2. The molecule has 0 fully saturated rings. The lowest BCUT2D eigenvalue weighted by Crippen LogP contribution is -2.11. The van der Waals surface area contributed by atoms with Crippen molar-refractivity contribution < 1.29 is 9.47 Å². The van der Waals surface area contributed by atoms with E-state index in [1.165, 1.54) is 0 Å². The maximum atomic E-state index is 5.33. The molecule has 0 saturated heterocycles. The highest BCUT2D eigenvalue weighted by molar-refractivity contribution is 5.95. The zero-order chi connectivity index (χ0) is 16.4. The first-order valence-corrected chi connectivity index (χ1v) is 7.29. The van der Waals surface area contributed by atoms with Gasteiger partial charge in [0.2, 0.25) is 0 Å². The monoisotopic (exact) mass is 309 g/mol. The van der Waals surface area contributed by atoms with Gasteiger partial charge in [0.25, 0.3) is 0 Å². The summed E-state index contributed by atoms with van der Waals surface area (Å²) in [6.07, 6.45) is 1.70. The van der Waals surface area contributed by atoms with Crippen LogP contribution in [0.3, 0.4) is 0 Å². The van der Waals surface area contributed by atoms with Crippen molar-refractivity contribution in [2.24, 2.45) is 0 Å². The summed E-state index contributed by atoms with van der Waals surface area (Å²) in [6.45, 7) is 0. The first kappa shape index (κ1) is 15.1. The van der Waals surface area contributed by atoms with E-state index in [4.69, 9.17) is 14.5 Å². The van der Waals surface area contributed by atoms with Gasteiger partial charge in [0.05, 0.1) is 31.8 Å². The molecule has 0 atom stereocenters. The number of fused-ring (bicyclic) bond motifs is 1. The smallest absolute Gasteiger partial charge is 0.137 e. The topological polar surface area (TPSA) is 47.5 Å². The van der Waals surface area contributed by atoms with Gasteiger partial charge >= 0.3 is 0 Å². The number of anilines is 1. The largest absolute Gasteiger partial charge is 0.497 e. The van der Waals surface area contributed by atoms with Gasteiger partial charge in [0.1, 0.15) is 17.3 Å². The zero-order valence-corrected chi connectivity index (χ0v) is 13.7. The summed E-state index contributed by atoms with van der Waals surface area (Å²) in [5, 5.41) is 2.14. The Kier molecular flexibility index (Phi) is 4.02. The minimum atomic E-state index is 0.726. The lowest BCUT2D eigenvalue weighted by Gasteiger charge is -2.16. The van der Waals surface area contributed by atoms with E-state index >= 15 is 0 Å². The van der Waals surface area contributed by atoms with E-state index in [0.717, 1.165) is 39.5 Å². The molecule has 1 aromatic carbocycles. The predicted octanol–water partition coefficient (Wildman–Crippen LogP) is 3.38. The Hall–Kier alpha value is -2.82. The van der Waals surface area contributed by atoms with Crippen LogP contribution in [0.5, 0.6) is 11.5 Å². The minimum Gasteiger partial charge on any atom is -0.497 e. The maximum Gasteiger partial charge on any atom is 0.137 e. The van der Waals surface area contributed by atoms with Crippen molar-refractivity contribution in [3.05, 3.63) is 42.6 Å². The van der Waals surface area contributed by atoms with Crippen molar-refractivity contribution in [1.29, 1.82) is 0 Å². The van der Waals surface area contributed by atoms with Crippen LogP contribution >= 0.6 is 0 Å². The highest BCUT2D eigenvalue weighted by Crippen LogP contribution is 2.31. The summed E-state index contributed by atoms with van der Waals surface area (Å²) in [4.78, 5) is 11.2. The van der Waals surface area contributed by atoms with Crippen molar-refractivity contribution in [3.63, 3.8) is 0 Å². The molecule has 0 bridgehead atoms. The molecule has 118 valence electrons. The van der Waals surface area contributed by atoms with E-state index in [1.54, 1.807) is 20.4 Å². The Morgan fingerprint density at radius 1 is 0.870 bits per heavy atom. The Labute approximate surface area is 135 Å². The molecular weight excluding hydrogens is 290 g/mol. The summed E-state index contributed by atoms with van der Waals surface area (Å²) in [5.74, 6) is 2.45. The molecule has 3 rings (SSSR count). The van der Waals surface area contributed by atoms with Crippen molar-refractivity contribution >= 4 is 16.6 Å². The van der Waals surface area contributed by atoms with Crippen LogP contribution in [0.1, 0.15) is 0 Å². The summed E-state index contributed by atoms with van der Waals surface area (Å²) in [6, 6.07) is 11.8. The second kappa shape index (κ2) is 6.12. The molecule has 0 N–H and O–H groups in total. The van der Waals surface area contributed by atoms with Gasteiger partial charge in [-0.25, -0.2) is 4.98 Å². The third-order valence-electron chi connectivity index (χ3n) is 3.68. The summed E-state index contributed by atoms with van der Waals surface area (Å²) in [5.41, 5.74) is 1.62. The van der Waals surface area contributed by atoms with Crippen molar-refractivity contribution in [2.45, 2.75) is 0 Å². The fraction of sp³-hybridized carbons (Fsp3) is 0.222. The lowest BCUT2D eigenvalue weighted by atomic mass is 10.1. The maximum absolute atomic E-state index is 5.33. The van der Waals surface area contributed by atoms with Crippen molar-refractivity contribution in [3.8, 4) is 22.9 Å². The van der Waals surface area contributed by atoms with Gasteiger partial charge in [-0.3, -0.25) is 4.98 Å². The highest BCUT2D eigenvalue weighted by atomic mass is 16.5. The molecule has 0 aliphatic rings. The molecule has 0 unspecified atom stereocenters. The Morgan fingerprint density at radius 3 is 2.22 bits per heavy atom. The van der Waals surface area contributed by atoms with Gasteiger partial charge in [-0.15, -0.1) is 0 Å². The molecule has 2 aromatic heterocycles. The fourth-order valence-electron chi connectivity index (χ4n) is 2.47. The molecule has 0 spiro atoms. The van der Waals surface area contributed by atoms with Gasteiger partial charge in [-0.05, 0) is 41.8 Å². The standard InChI is InChI=1S/C18H19N3O2/c1-21(2)18-15-7-5-13(22-3)9-12(15)10-17(20-18)16-8-6-14(23-4)11-19-16/h5-11H,1-4H3. The van der Waals surface area contributed by atoms with E-state index in [2.05, 4.69) is 4.98 Å². The molecular formula is C18H19N3O2. The van der Waals surface area contributed by atoms with Crippen molar-refractivity contribution in [2.75, 3.05) is 33.2 Å². The zero-order valence-electron chi connectivity index (χ0n) is 13.7. The van der Waals surface area contributed by atoms with Crippen LogP contribution in [-0.4, -0.2) is 38.3 Å². The van der Waals surface area contributed by atoms with Crippen LogP contribution in [0.2, 0.25) is 0 Å². The number of methoxy groups -OCH3 is 2. The molecule has 0 saturated carbocycles. The highest BCUT2D eigenvalue weighted by Gasteiger charge is 2.11. The third kappa shape index (κ3) is 2.90.